The van der Waals surface area contributed by atoms with Gasteiger partial charge in [0.2, 0.25) is 10.0 Å². The smallest absolute Gasteiger partial charge is 0.342 e. The molecule has 1 fully saturated rings. The highest BCUT2D eigenvalue weighted by atomic mass is 32.2. The number of carbonyl (C=O) groups is 2. The normalized spacial score (nSPS) is 14.8. The van der Waals surface area contributed by atoms with Crippen LogP contribution in [0.15, 0.2) is 47.4 Å². The summed E-state index contributed by atoms with van der Waals surface area (Å²) in [7, 11) is -3.54. The number of para-hydroxylation sites is 1. The molecule has 0 unspecified atom stereocenters. The van der Waals surface area contributed by atoms with E-state index in [1.54, 1.807) is 19.1 Å². The molecule has 0 saturated carbocycles. The lowest BCUT2D eigenvalue weighted by atomic mass is 10.1. The van der Waals surface area contributed by atoms with Crippen molar-refractivity contribution in [2.45, 2.75) is 24.7 Å². The number of hydrogen-bond acceptors (Lipinski definition) is 6. The molecule has 1 aliphatic heterocycles. The summed E-state index contributed by atoms with van der Waals surface area (Å²) >= 11 is 0. The number of phenols is 1. The van der Waals surface area contributed by atoms with Crippen molar-refractivity contribution < 1.29 is 27.9 Å². The minimum absolute atomic E-state index is 0.0140. The molecule has 0 amide bonds. The molecule has 3 rings (SSSR count). The molecule has 2 aromatic carbocycles. The Bertz CT molecular complexity index is 992. The third-order valence-electron chi connectivity index (χ3n) is 4.67. The maximum atomic E-state index is 12.5. The predicted molar refractivity (Wildman–Crippen MR) is 102 cm³/mol. The molecule has 0 aliphatic carbocycles. The van der Waals surface area contributed by atoms with Crippen LogP contribution in [0.3, 0.4) is 0 Å². The van der Waals surface area contributed by atoms with Crippen LogP contribution >= 0.6 is 0 Å². The average Bonchev–Trinajstić information content (AvgIpc) is 3.24. The van der Waals surface area contributed by atoms with E-state index >= 15 is 0 Å². The van der Waals surface area contributed by atoms with Crippen LogP contribution in [0.2, 0.25) is 0 Å². The summed E-state index contributed by atoms with van der Waals surface area (Å²) in [6, 6.07) is 10.2. The van der Waals surface area contributed by atoms with Crippen molar-refractivity contribution in [3.63, 3.8) is 0 Å². The van der Waals surface area contributed by atoms with Crippen molar-refractivity contribution in [2.24, 2.45) is 0 Å². The minimum atomic E-state index is -3.54. The highest BCUT2D eigenvalue weighted by Gasteiger charge is 2.27. The maximum absolute atomic E-state index is 12.5. The van der Waals surface area contributed by atoms with E-state index in [4.69, 9.17) is 4.74 Å². The first kappa shape index (κ1) is 20.0. The standard InChI is InChI=1S/C20H21NO6S/c1-14-5-4-6-17(19(14)23)20(24)27-13-18(22)15-7-9-16(10-8-15)28(25,26)21-11-2-3-12-21/h4-10,23H,2-3,11-13H2,1H3. The molecular formula is C20H21NO6S. The number of aryl methyl sites for hydroxylation is 1. The summed E-state index contributed by atoms with van der Waals surface area (Å²) in [6.07, 6.45) is 1.69. The summed E-state index contributed by atoms with van der Waals surface area (Å²) in [5.74, 6) is -1.45. The summed E-state index contributed by atoms with van der Waals surface area (Å²) in [5.41, 5.74) is 0.747. The van der Waals surface area contributed by atoms with Gasteiger partial charge in [0.05, 0.1) is 4.90 Å². The van der Waals surface area contributed by atoms with Gasteiger partial charge in [0.15, 0.2) is 12.4 Å². The number of sulfonamides is 1. The van der Waals surface area contributed by atoms with E-state index < -0.39 is 28.4 Å². The van der Waals surface area contributed by atoms with Crippen LogP contribution in [0.25, 0.3) is 0 Å². The molecular weight excluding hydrogens is 382 g/mol. The Morgan fingerprint density at radius 1 is 1.07 bits per heavy atom. The largest absolute Gasteiger partial charge is 0.507 e. The van der Waals surface area contributed by atoms with Crippen molar-refractivity contribution in [1.82, 2.24) is 4.31 Å². The zero-order valence-electron chi connectivity index (χ0n) is 15.4. The lowest BCUT2D eigenvalue weighted by Crippen LogP contribution is -2.27. The summed E-state index contributed by atoms with van der Waals surface area (Å²) in [6.45, 7) is 2.15. The Hall–Kier alpha value is -2.71. The number of carbonyl (C=O) groups excluding carboxylic acids is 2. The third-order valence-corrected chi connectivity index (χ3v) is 6.58. The second-order valence-electron chi connectivity index (χ2n) is 6.61. The number of esters is 1. The summed E-state index contributed by atoms with van der Waals surface area (Å²) < 4.78 is 31.4. The van der Waals surface area contributed by atoms with Gasteiger partial charge in [-0.3, -0.25) is 4.79 Å². The molecule has 28 heavy (non-hydrogen) atoms. The lowest BCUT2D eigenvalue weighted by molar-refractivity contribution is 0.0471. The highest BCUT2D eigenvalue weighted by Crippen LogP contribution is 2.23. The zero-order chi connectivity index (χ0) is 20.3. The number of nitrogens with zero attached hydrogens (tertiary/aromatic N) is 1. The Kier molecular flexibility index (Phi) is 5.81. The number of aromatic hydroxyl groups is 1. The van der Waals surface area contributed by atoms with Gasteiger partial charge in [0.25, 0.3) is 0 Å². The van der Waals surface area contributed by atoms with Gasteiger partial charge in [-0.05, 0) is 55.7 Å². The van der Waals surface area contributed by atoms with Crippen molar-refractivity contribution >= 4 is 21.8 Å². The second kappa shape index (κ2) is 8.12. The molecule has 1 saturated heterocycles. The fraction of sp³-hybridized carbons (Fsp3) is 0.300. The van der Waals surface area contributed by atoms with Crippen molar-refractivity contribution in [2.75, 3.05) is 19.7 Å². The van der Waals surface area contributed by atoms with Crippen LogP contribution in [0, 0.1) is 6.92 Å². The van der Waals surface area contributed by atoms with E-state index in [-0.39, 0.29) is 21.8 Å². The van der Waals surface area contributed by atoms with Gasteiger partial charge in [-0.2, -0.15) is 4.31 Å². The summed E-state index contributed by atoms with van der Waals surface area (Å²) in [5, 5.41) is 9.90. The molecule has 0 spiro atoms. The molecule has 7 nitrogen and oxygen atoms in total. The number of rotatable bonds is 6. The summed E-state index contributed by atoms with van der Waals surface area (Å²) in [4.78, 5) is 24.4. The molecule has 2 aromatic rings. The number of phenolic OH excluding ortho intramolecular Hbond substituents is 1. The van der Waals surface area contributed by atoms with Gasteiger partial charge in [-0.1, -0.05) is 12.1 Å². The Morgan fingerprint density at radius 2 is 1.71 bits per heavy atom. The SMILES string of the molecule is Cc1cccc(C(=O)OCC(=O)c2ccc(S(=O)(=O)N3CCCC3)cc2)c1O. The minimum Gasteiger partial charge on any atom is -0.507 e. The van der Waals surface area contributed by atoms with Crippen LogP contribution < -0.4 is 0 Å². The fourth-order valence-corrected chi connectivity index (χ4v) is 4.52. The molecule has 0 radical (unpaired) electrons. The van der Waals surface area contributed by atoms with E-state index in [9.17, 15) is 23.1 Å². The van der Waals surface area contributed by atoms with Gasteiger partial charge in [0, 0.05) is 18.7 Å². The number of benzene rings is 2. The van der Waals surface area contributed by atoms with E-state index in [0.717, 1.165) is 12.8 Å². The lowest BCUT2D eigenvalue weighted by Gasteiger charge is -2.15. The van der Waals surface area contributed by atoms with E-state index in [2.05, 4.69) is 0 Å². The Labute approximate surface area is 163 Å². The Morgan fingerprint density at radius 3 is 2.36 bits per heavy atom. The van der Waals surface area contributed by atoms with Gasteiger partial charge in [0.1, 0.15) is 11.3 Å². The number of ether oxygens (including phenoxy) is 1. The first-order valence-electron chi connectivity index (χ1n) is 8.90. The number of Topliss-reactive ketones (excluding diaryl/α,β-unsaturated/α-hetero) is 1. The van der Waals surface area contributed by atoms with Crippen LogP contribution in [0.5, 0.6) is 5.75 Å². The molecule has 1 heterocycles. The molecule has 0 bridgehead atoms. The van der Waals surface area contributed by atoms with Crippen LogP contribution in [-0.4, -0.2) is 49.3 Å². The van der Waals surface area contributed by atoms with Crippen LogP contribution in [0.1, 0.15) is 39.1 Å². The van der Waals surface area contributed by atoms with Gasteiger partial charge < -0.3 is 9.84 Å². The zero-order valence-corrected chi connectivity index (χ0v) is 16.2. The van der Waals surface area contributed by atoms with E-state index in [0.29, 0.717) is 18.7 Å². The second-order valence-corrected chi connectivity index (χ2v) is 8.54. The molecule has 0 atom stereocenters. The molecule has 0 aromatic heterocycles. The van der Waals surface area contributed by atoms with Crippen LogP contribution in [0.4, 0.5) is 0 Å². The predicted octanol–water partition coefficient (Wildman–Crippen LogP) is 2.52. The quantitative estimate of drug-likeness (QED) is 0.588. The van der Waals surface area contributed by atoms with Crippen molar-refractivity contribution in [3.8, 4) is 5.75 Å². The first-order chi connectivity index (χ1) is 13.3. The highest BCUT2D eigenvalue weighted by molar-refractivity contribution is 7.89. The van der Waals surface area contributed by atoms with Crippen molar-refractivity contribution in [1.29, 1.82) is 0 Å². The third kappa shape index (κ3) is 4.07. The van der Waals surface area contributed by atoms with Gasteiger partial charge in [-0.15, -0.1) is 0 Å². The number of ketones is 1. The average molecular weight is 403 g/mol. The molecule has 148 valence electrons. The maximum Gasteiger partial charge on any atom is 0.342 e. The molecule has 1 aliphatic rings. The monoisotopic (exact) mass is 403 g/mol. The topological polar surface area (TPSA) is 101 Å². The van der Waals surface area contributed by atoms with Gasteiger partial charge >= 0.3 is 5.97 Å². The molecule has 1 N–H and O–H groups in total. The van der Waals surface area contributed by atoms with Gasteiger partial charge in [-0.25, -0.2) is 13.2 Å². The van der Waals surface area contributed by atoms with Crippen LogP contribution in [-0.2, 0) is 14.8 Å². The number of hydrogen-bond donors (Lipinski definition) is 1. The first-order valence-corrected chi connectivity index (χ1v) is 10.3. The molecule has 8 heteroatoms. The van der Waals surface area contributed by atoms with E-state index in [1.807, 2.05) is 0 Å². The Balaban J connectivity index is 1.65. The fourth-order valence-electron chi connectivity index (χ4n) is 3.01. The van der Waals surface area contributed by atoms with E-state index in [1.165, 1.54) is 34.6 Å². The van der Waals surface area contributed by atoms with Crippen molar-refractivity contribution in [3.05, 3.63) is 59.2 Å².